The molecule has 1 saturated carbocycles. The van der Waals surface area contributed by atoms with Crippen LogP contribution in [-0.2, 0) is 4.79 Å². The average molecular weight is 309 g/mol. The van der Waals surface area contributed by atoms with Crippen molar-refractivity contribution in [3.63, 3.8) is 0 Å². The highest BCUT2D eigenvalue weighted by atomic mass is 16.1. The van der Waals surface area contributed by atoms with Gasteiger partial charge in [-0.2, -0.15) is 5.26 Å². The second-order valence-electron chi connectivity index (χ2n) is 7.66. The summed E-state index contributed by atoms with van der Waals surface area (Å²) in [5, 5.41) is 13.3. The lowest BCUT2D eigenvalue weighted by atomic mass is 9.92. The molecule has 1 aliphatic rings. The summed E-state index contributed by atoms with van der Waals surface area (Å²) in [4.78, 5) is 12.3. The first-order chi connectivity index (χ1) is 10.9. The standard InChI is InChI=1S/C19H23N3O/c1-19(2,3)11-18(23)21-17-10-14-8-7-13(12-20)9-16(14)22(17)15-5-4-6-15/h7-10,15H,4-6,11H2,1-3H3,(H,21,23). The van der Waals surface area contributed by atoms with E-state index in [4.69, 9.17) is 5.26 Å². The molecule has 0 bridgehead atoms. The molecule has 0 atom stereocenters. The fraction of sp³-hybridized carbons (Fsp3) is 0.474. The van der Waals surface area contributed by atoms with Crippen molar-refractivity contribution in [1.29, 1.82) is 5.26 Å². The van der Waals surface area contributed by atoms with Crippen molar-refractivity contribution >= 4 is 22.6 Å². The Hall–Kier alpha value is -2.28. The number of nitrogens with one attached hydrogen (secondary N) is 1. The lowest BCUT2D eigenvalue weighted by Gasteiger charge is -2.30. The molecule has 1 fully saturated rings. The van der Waals surface area contributed by atoms with Crippen molar-refractivity contribution in [3.05, 3.63) is 29.8 Å². The van der Waals surface area contributed by atoms with Crippen LogP contribution in [0, 0.1) is 16.7 Å². The second-order valence-corrected chi connectivity index (χ2v) is 7.66. The zero-order valence-corrected chi connectivity index (χ0v) is 14.0. The van der Waals surface area contributed by atoms with Gasteiger partial charge in [0.2, 0.25) is 5.91 Å². The van der Waals surface area contributed by atoms with Crippen molar-refractivity contribution in [2.45, 2.75) is 52.5 Å². The number of fused-ring (bicyclic) bond motifs is 1. The predicted molar refractivity (Wildman–Crippen MR) is 92.2 cm³/mol. The van der Waals surface area contributed by atoms with Gasteiger partial charge in [0.05, 0.1) is 17.1 Å². The summed E-state index contributed by atoms with van der Waals surface area (Å²) in [6.07, 6.45) is 3.96. The van der Waals surface area contributed by atoms with E-state index >= 15 is 0 Å². The van der Waals surface area contributed by atoms with E-state index in [-0.39, 0.29) is 11.3 Å². The lowest BCUT2D eigenvalue weighted by molar-refractivity contribution is -0.117. The SMILES string of the molecule is CC(C)(C)CC(=O)Nc1cc2ccc(C#N)cc2n1C1CCC1. The van der Waals surface area contributed by atoms with E-state index in [9.17, 15) is 4.79 Å². The molecular weight excluding hydrogens is 286 g/mol. The smallest absolute Gasteiger partial charge is 0.226 e. The number of benzene rings is 1. The largest absolute Gasteiger partial charge is 0.324 e. The van der Waals surface area contributed by atoms with Crippen LogP contribution in [-0.4, -0.2) is 10.5 Å². The summed E-state index contributed by atoms with van der Waals surface area (Å²) in [6.45, 7) is 6.19. The third kappa shape index (κ3) is 3.24. The van der Waals surface area contributed by atoms with Crippen LogP contribution < -0.4 is 5.32 Å². The van der Waals surface area contributed by atoms with E-state index in [1.165, 1.54) is 6.42 Å². The normalized spacial score (nSPS) is 15.2. The number of anilines is 1. The third-order valence-electron chi connectivity index (χ3n) is 4.37. The molecule has 0 unspecified atom stereocenters. The highest BCUT2D eigenvalue weighted by molar-refractivity contribution is 5.95. The van der Waals surface area contributed by atoms with Gasteiger partial charge in [-0.25, -0.2) is 0 Å². The molecule has 1 aliphatic carbocycles. The van der Waals surface area contributed by atoms with E-state index in [1.54, 1.807) is 0 Å². The zero-order valence-electron chi connectivity index (χ0n) is 14.0. The molecule has 1 aromatic heterocycles. The summed E-state index contributed by atoms with van der Waals surface area (Å²) in [5.41, 5.74) is 1.66. The van der Waals surface area contributed by atoms with Gasteiger partial charge in [0.25, 0.3) is 0 Å². The first-order valence-corrected chi connectivity index (χ1v) is 8.22. The number of aromatic nitrogens is 1. The van der Waals surface area contributed by atoms with Gasteiger partial charge in [0.15, 0.2) is 0 Å². The van der Waals surface area contributed by atoms with Crippen LogP contribution in [0.15, 0.2) is 24.3 Å². The average Bonchev–Trinajstić information content (AvgIpc) is 2.72. The van der Waals surface area contributed by atoms with Crippen molar-refractivity contribution in [1.82, 2.24) is 4.57 Å². The Morgan fingerprint density at radius 1 is 1.35 bits per heavy atom. The Labute approximate surface area is 137 Å². The van der Waals surface area contributed by atoms with Gasteiger partial charge in [-0.15, -0.1) is 0 Å². The predicted octanol–water partition coefficient (Wildman–Crippen LogP) is 4.61. The van der Waals surface area contributed by atoms with Gasteiger partial charge in [-0.1, -0.05) is 26.8 Å². The van der Waals surface area contributed by atoms with Gasteiger partial charge < -0.3 is 9.88 Å². The molecule has 1 aromatic carbocycles. The maximum atomic E-state index is 12.3. The molecule has 0 spiro atoms. The topological polar surface area (TPSA) is 57.8 Å². The van der Waals surface area contributed by atoms with Crippen LogP contribution in [0.25, 0.3) is 10.9 Å². The molecule has 2 aromatic rings. The maximum absolute atomic E-state index is 12.3. The molecule has 0 saturated heterocycles. The highest BCUT2D eigenvalue weighted by Gasteiger charge is 2.25. The van der Waals surface area contributed by atoms with Gasteiger partial charge in [-0.3, -0.25) is 4.79 Å². The number of nitriles is 1. The summed E-state index contributed by atoms with van der Waals surface area (Å²) < 4.78 is 2.21. The maximum Gasteiger partial charge on any atom is 0.226 e. The Morgan fingerprint density at radius 2 is 2.09 bits per heavy atom. The fourth-order valence-corrected chi connectivity index (χ4v) is 3.09. The molecule has 0 aliphatic heterocycles. The van der Waals surface area contributed by atoms with Crippen molar-refractivity contribution in [2.24, 2.45) is 5.41 Å². The number of carbonyl (C=O) groups excluding carboxylic acids is 1. The Morgan fingerprint density at radius 3 is 2.65 bits per heavy atom. The Kier molecular flexibility index (Phi) is 3.89. The second kappa shape index (κ2) is 5.73. The molecule has 1 N–H and O–H groups in total. The molecule has 4 heteroatoms. The van der Waals surface area contributed by atoms with Crippen LogP contribution in [0.1, 0.15) is 58.1 Å². The molecule has 0 radical (unpaired) electrons. The number of nitrogens with zero attached hydrogens (tertiary/aromatic N) is 2. The molecule has 4 nitrogen and oxygen atoms in total. The summed E-state index contributed by atoms with van der Waals surface area (Å²) in [6, 6.07) is 10.4. The minimum atomic E-state index is -0.0363. The van der Waals surface area contributed by atoms with E-state index in [1.807, 2.05) is 24.3 Å². The lowest BCUT2D eigenvalue weighted by Crippen LogP contribution is -2.24. The number of carbonyl (C=O) groups is 1. The van der Waals surface area contributed by atoms with E-state index in [0.29, 0.717) is 18.0 Å². The molecular formula is C19H23N3O. The summed E-state index contributed by atoms with van der Waals surface area (Å²) in [5.74, 6) is 0.899. The first kappa shape index (κ1) is 15.6. The van der Waals surface area contributed by atoms with E-state index < -0.39 is 0 Å². The number of rotatable bonds is 3. The minimum absolute atomic E-state index is 0.0363. The van der Waals surface area contributed by atoms with Gasteiger partial charge >= 0.3 is 0 Å². The number of amides is 1. The third-order valence-corrected chi connectivity index (χ3v) is 4.37. The Balaban J connectivity index is 1.99. The highest BCUT2D eigenvalue weighted by Crippen LogP contribution is 2.39. The zero-order chi connectivity index (χ0) is 16.6. The number of hydrogen-bond acceptors (Lipinski definition) is 2. The molecule has 1 heterocycles. The van der Waals surface area contributed by atoms with Crippen LogP contribution in [0.3, 0.4) is 0 Å². The monoisotopic (exact) mass is 309 g/mol. The quantitative estimate of drug-likeness (QED) is 0.900. The van der Waals surface area contributed by atoms with Gasteiger partial charge in [0.1, 0.15) is 5.82 Å². The fourth-order valence-electron chi connectivity index (χ4n) is 3.09. The molecule has 3 rings (SSSR count). The van der Waals surface area contributed by atoms with Crippen LogP contribution in [0.5, 0.6) is 0 Å². The van der Waals surface area contributed by atoms with Crippen molar-refractivity contribution in [3.8, 4) is 6.07 Å². The molecule has 1 amide bonds. The van der Waals surface area contributed by atoms with E-state index in [0.717, 1.165) is 29.6 Å². The van der Waals surface area contributed by atoms with E-state index in [2.05, 4.69) is 36.7 Å². The Bertz CT molecular complexity index is 785. The van der Waals surface area contributed by atoms with Crippen LogP contribution in [0.4, 0.5) is 5.82 Å². The van der Waals surface area contributed by atoms with Gasteiger partial charge in [-0.05, 0) is 42.9 Å². The molecule has 23 heavy (non-hydrogen) atoms. The molecule has 120 valence electrons. The summed E-state index contributed by atoms with van der Waals surface area (Å²) >= 11 is 0. The summed E-state index contributed by atoms with van der Waals surface area (Å²) in [7, 11) is 0. The van der Waals surface area contributed by atoms with Crippen LogP contribution >= 0.6 is 0 Å². The minimum Gasteiger partial charge on any atom is -0.324 e. The van der Waals surface area contributed by atoms with Crippen molar-refractivity contribution in [2.75, 3.05) is 5.32 Å². The van der Waals surface area contributed by atoms with Gasteiger partial charge in [0, 0.05) is 17.8 Å². The van der Waals surface area contributed by atoms with Crippen LogP contribution in [0.2, 0.25) is 0 Å². The van der Waals surface area contributed by atoms with Crippen molar-refractivity contribution < 1.29 is 4.79 Å². The number of hydrogen-bond donors (Lipinski definition) is 1. The first-order valence-electron chi connectivity index (χ1n) is 8.22.